The van der Waals surface area contributed by atoms with Crippen LogP contribution in [0.15, 0.2) is 12.7 Å². The van der Waals surface area contributed by atoms with Gasteiger partial charge in [-0.15, -0.1) is 6.58 Å². The molecule has 0 amide bonds. The Hall–Kier alpha value is -0.380. The predicted octanol–water partition coefficient (Wildman–Crippen LogP) is 0.463. The molecule has 1 aliphatic rings. The van der Waals surface area contributed by atoms with E-state index in [0.29, 0.717) is 13.0 Å². The van der Waals surface area contributed by atoms with Gasteiger partial charge in [-0.1, -0.05) is 6.08 Å². The van der Waals surface area contributed by atoms with Crippen LogP contribution < -0.4 is 0 Å². The summed E-state index contributed by atoms with van der Waals surface area (Å²) in [5.41, 5.74) is 0. The summed E-state index contributed by atoms with van der Waals surface area (Å²) in [5, 5.41) is 18.9. The molecule has 12 heavy (non-hydrogen) atoms. The minimum absolute atomic E-state index is 0.420. The maximum atomic E-state index is 9.49. The third-order valence-electron chi connectivity index (χ3n) is 2.12. The molecule has 3 atom stereocenters. The number of aliphatic hydroxyl groups is 2. The minimum atomic E-state index is -0.613. The molecule has 3 heteroatoms. The maximum absolute atomic E-state index is 9.49. The predicted molar refractivity (Wildman–Crippen MR) is 45.8 cm³/mol. The van der Waals surface area contributed by atoms with Gasteiger partial charge in [0, 0.05) is 6.61 Å². The van der Waals surface area contributed by atoms with Crippen molar-refractivity contribution < 1.29 is 14.9 Å². The van der Waals surface area contributed by atoms with Crippen molar-refractivity contribution in [1.29, 1.82) is 0 Å². The van der Waals surface area contributed by atoms with Gasteiger partial charge in [-0.25, -0.2) is 0 Å². The molecular formula is C9H16O3. The maximum Gasteiger partial charge on any atom is 0.109 e. The van der Waals surface area contributed by atoms with Crippen LogP contribution in [0.4, 0.5) is 0 Å². The zero-order valence-electron chi connectivity index (χ0n) is 7.15. The summed E-state index contributed by atoms with van der Waals surface area (Å²) < 4.78 is 5.26. The summed E-state index contributed by atoms with van der Waals surface area (Å²) in [4.78, 5) is 0. The Morgan fingerprint density at radius 1 is 1.67 bits per heavy atom. The quantitative estimate of drug-likeness (QED) is 0.608. The fourth-order valence-electron chi connectivity index (χ4n) is 1.46. The van der Waals surface area contributed by atoms with Crippen LogP contribution in [0.5, 0.6) is 0 Å². The number of rotatable bonds is 3. The van der Waals surface area contributed by atoms with E-state index in [4.69, 9.17) is 4.74 Å². The summed E-state index contributed by atoms with van der Waals surface area (Å²) in [7, 11) is 0. The molecule has 1 aliphatic heterocycles. The first kappa shape index (κ1) is 9.71. The van der Waals surface area contributed by atoms with Gasteiger partial charge in [0.1, 0.15) is 6.10 Å². The van der Waals surface area contributed by atoms with Crippen LogP contribution in [-0.2, 0) is 4.74 Å². The molecule has 0 aromatic carbocycles. The normalized spacial score (nSPS) is 32.8. The summed E-state index contributed by atoms with van der Waals surface area (Å²) in [6, 6.07) is 0. The smallest absolute Gasteiger partial charge is 0.109 e. The van der Waals surface area contributed by atoms with Gasteiger partial charge in [-0.3, -0.25) is 0 Å². The van der Waals surface area contributed by atoms with E-state index in [1.807, 2.05) is 0 Å². The van der Waals surface area contributed by atoms with Crippen molar-refractivity contribution in [2.45, 2.75) is 37.6 Å². The molecule has 1 fully saturated rings. The SMILES string of the molecule is C=CC[C@@H](O)[C@H]1OCCC[C@@H]1O. The third kappa shape index (κ3) is 2.30. The van der Waals surface area contributed by atoms with E-state index in [2.05, 4.69) is 6.58 Å². The van der Waals surface area contributed by atoms with E-state index in [-0.39, 0.29) is 0 Å². The first-order valence-electron chi connectivity index (χ1n) is 4.34. The van der Waals surface area contributed by atoms with Crippen molar-refractivity contribution in [2.24, 2.45) is 0 Å². The van der Waals surface area contributed by atoms with E-state index in [1.54, 1.807) is 6.08 Å². The van der Waals surface area contributed by atoms with E-state index in [9.17, 15) is 10.2 Å². The van der Waals surface area contributed by atoms with Crippen molar-refractivity contribution in [3.05, 3.63) is 12.7 Å². The van der Waals surface area contributed by atoms with Crippen molar-refractivity contribution in [3.63, 3.8) is 0 Å². The molecule has 0 saturated carbocycles. The molecule has 0 radical (unpaired) electrons. The van der Waals surface area contributed by atoms with E-state index >= 15 is 0 Å². The van der Waals surface area contributed by atoms with Gasteiger partial charge < -0.3 is 14.9 Å². The lowest BCUT2D eigenvalue weighted by molar-refractivity contribution is -0.125. The fraction of sp³-hybridized carbons (Fsp3) is 0.778. The number of hydrogen-bond donors (Lipinski definition) is 2. The van der Waals surface area contributed by atoms with Crippen LogP contribution in [0.25, 0.3) is 0 Å². The average Bonchev–Trinajstić information content (AvgIpc) is 2.05. The molecular weight excluding hydrogens is 156 g/mol. The second kappa shape index (κ2) is 4.60. The van der Waals surface area contributed by atoms with Crippen LogP contribution in [0.1, 0.15) is 19.3 Å². The lowest BCUT2D eigenvalue weighted by atomic mass is 9.99. The molecule has 1 heterocycles. The molecule has 0 spiro atoms. The second-order valence-corrected chi connectivity index (χ2v) is 3.14. The molecule has 0 aromatic heterocycles. The molecule has 0 aliphatic carbocycles. The Kier molecular flexibility index (Phi) is 3.72. The van der Waals surface area contributed by atoms with Crippen LogP contribution in [0.2, 0.25) is 0 Å². The molecule has 1 saturated heterocycles. The number of aliphatic hydroxyl groups excluding tert-OH is 2. The van der Waals surface area contributed by atoms with Crippen molar-refractivity contribution >= 4 is 0 Å². The highest BCUT2D eigenvalue weighted by molar-refractivity contribution is 4.84. The van der Waals surface area contributed by atoms with Gasteiger partial charge in [0.25, 0.3) is 0 Å². The Balaban J connectivity index is 2.41. The summed E-state index contributed by atoms with van der Waals surface area (Å²) in [5.74, 6) is 0. The average molecular weight is 172 g/mol. The lowest BCUT2D eigenvalue weighted by Crippen LogP contribution is -2.42. The van der Waals surface area contributed by atoms with Gasteiger partial charge >= 0.3 is 0 Å². The Bertz CT molecular complexity index is 147. The monoisotopic (exact) mass is 172 g/mol. The topological polar surface area (TPSA) is 49.7 Å². The highest BCUT2D eigenvalue weighted by atomic mass is 16.5. The van der Waals surface area contributed by atoms with Crippen molar-refractivity contribution in [1.82, 2.24) is 0 Å². The first-order chi connectivity index (χ1) is 5.75. The fourth-order valence-corrected chi connectivity index (χ4v) is 1.46. The van der Waals surface area contributed by atoms with Crippen LogP contribution in [0, 0.1) is 0 Å². The zero-order valence-corrected chi connectivity index (χ0v) is 7.15. The van der Waals surface area contributed by atoms with Crippen LogP contribution in [-0.4, -0.2) is 35.1 Å². The number of ether oxygens (including phenoxy) is 1. The van der Waals surface area contributed by atoms with Crippen LogP contribution in [0.3, 0.4) is 0 Å². The van der Waals surface area contributed by atoms with E-state index in [1.165, 1.54) is 0 Å². The summed E-state index contributed by atoms with van der Waals surface area (Å²) >= 11 is 0. The number of hydrogen-bond acceptors (Lipinski definition) is 3. The third-order valence-corrected chi connectivity index (χ3v) is 2.12. The van der Waals surface area contributed by atoms with Gasteiger partial charge in [-0.05, 0) is 19.3 Å². The molecule has 0 unspecified atom stereocenters. The standard InChI is InChI=1S/C9H16O3/c1-2-4-7(10)9-8(11)5-3-6-12-9/h2,7-11H,1,3-6H2/t7-,8+,9-/m1/s1. The molecule has 1 rings (SSSR count). The van der Waals surface area contributed by atoms with E-state index < -0.39 is 18.3 Å². The first-order valence-corrected chi connectivity index (χ1v) is 4.34. The van der Waals surface area contributed by atoms with Gasteiger partial charge in [-0.2, -0.15) is 0 Å². The van der Waals surface area contributed by atoms with Gasteiger partial charge in [0.05, 0.1) is 12.2 Å². The molecule has 0 bridgehead atoms. The highest BCUT2D eigenvalue weighted by Gasteiger charge is 2.29. The Morgan fingerprint density at radius 2 is 2.42 bits per heavy atom. The van der Waals surface area contributed by atoms with E-state index in [0.717, 1.165) is 12.8 Å². The van der Waals surface area contributed by atoms with Gasteiger partial charge in [0.15, 0.2) is 0 Å². The van der Waals surface area contributed by atoms with Crippen molar-refractivity contribution in [2.75, 3.05) is 6.61 Å². The lowest BCUT2D eigenvalue weighted by Gasteiger charge is -2.31. The van der Waals surface area contributed by atoms with Gasteiger partial charge in [0.2, 0.25) is 0 Å². The molecule has 0 aromatic rings. The zero-order chi connectivity index (χ0) is 8.97. The Morgan fingerprint density at radius 3 is 3.00 bits per heavy atom. The molecule has 3 nitrogen and oxygen atoms in total. The Labute approximate surface area is 72.7 Å². The highest BCUT2D eigenvalue weighted by Crippen LogP contribution is 2.18. The van der Waals surface area contributed by atoms with Crippen LogP contribution >= 0.6 is 0 Å². The second-order valence-electron chi connectivity index (χ2n) is 3.14. The minimum Gasteiger partial charge on any atom is -0.390 e. The molecule has 70 valence electrons. The largest absolute Gasteiger partial charge is 0.390 e. The summed E-state index contributed by atoms with van der Waals surface area (Å²) in [6.07, 6.45) is 2.15. The molecule has 2 N–H and O–H groups in total. The van der Waals surface area contributed by atoms with Crippen molar-refractivity contribution in [3.8, 4) is 0 Å². The summed E-state index contributed by atoms with van der Waals surface area (Å²) in [6.45, 7) is 4.16.